The van der Waals surface area contributed by atoms with E-state index in [2.05, 4.69) is 15.4 Å². The molecule has 0 atom stereocenters. The van der Waals surface area contributed by atoms with Gasteiger partial charge in [0.05, 0.1) is 5.56 Å². The number of benzene rings is 1. The number of carbonyl (C=O) groups is 2. The molecule has 8 heteroatoms. The summed E-state index contributed by atoms with van der Waals surface area (Å²) in [6, 6.07) is 11.0. The van der Waals surface area contributed by atoms with Gasteiger partial charge in [-0.25, -0.2) is 18.9 Å². The molecule has 0 aliphatic carbocycles. The molecule has 3 rings (SSSR count). The van der Waals surface area contributed by atoms with E-state index < -0.39 is 24.3 Å². The number of aromatic nitrogens is 3. The molecule has 2 heterocycles. The van der Waals surface area contributed by atoms with E-state index in [4.69, 9.17) is 4.74 Å². The lowest BCUT2D eigenvalue weighted by Gasteiger charge is -2.07. The Kier molecular flexibility index (Phi) is 5.33. The van der Waals surface area contributed by atoms with E-state index in [1.807, 2.05) is 0 Å². The first-order chi connectivity index (χ1) is 12.6. The molecule has 26 heavy (non-hydrogen) atoms. The summed E-state index contributed by atoms with van der Waals surface area (Å²) in [5.41, 5.74) is 0.563. The van der Waals surface area contributed by atoms with E-state index in [0.29, 0.717) is 11.4 Å². The molecule has 0 fully saturated rings. The van der Waals surface area contributed by atoms with Crippen molar-refractivity contribution in [3.63, 3.8) is 0 Å². The molecule has 0 saturated heterocycles. The number of rotatable bonds is 6. The van der Waals surface area contributed by atoms with Crippen LogP contribution in [0.3, 0.4) is 0 Å². The first-order valence-corrected chi connectivity index (χ1v) is 7.77. The van der Waals surface area contributed by atoms with Crippen molar-refractivity contribution in [1.29, 1.82) is 0 Å². The summed E-state index contributed by atoms with van der Waals surface area (Å²) in [6.45, 7) is -0.447. The summed E-state index contributed by atoms with van der Waals surface area (Å²) >= 11 is 0. The second kappa shape index (κ2) is 8.02. The summed E-state index contributed by atoms with van der Waals surface area (Å²) in [6.07, 6.45) is 4.68. The van der Waals surface area contributed by atoms with E-state index in [1.54, 1.807) is 47.4 Å². The Morgan fingerprint density at radius 3 is 2.69 bits per heavy atom. The van der Waals surface area contributed by atoms with Crippen LogP contribution < -0.4 is 5.32 Å². The standard InChI is InChI=1S/C18H15FN4O3/c19-15-5-2-1-4-13(15)10-21-17(24)12-26-18(25)14-6-7-16(20-11-14)23-9-3-8-22-23/h1-9,11H,10,12H2,(H,21,24). The van der Waals surface area contributed by atoms with Gasteiger partial charge in [0, 0.05) is 30.7 Å². The van der Waals surface area contributed by atoms with Crippen LogP contribution in [0.15, 0.2) is 61.1 Å². The van der Waals surface area contributed by atoms with E-state index >= 15 is 0 Å². The summed E-state index contributed by atoms with van der Waals surface area (Å²) in [5.74, 6) is -1.06. The van der Waals surface area contributed by atoms with Crippen molar-refractivity contribution in [2.24, 2.45) is 0 Å². The van der Waals surface area contributed by atoms with Gasteiger partial charge in [0.2, 0.25) is 0 Å². The lowest BCUT2D eigenvalue weighted by Crippen LogP contribution is -2.28. The predicted molar refractivity (Wildman–Crippen MR) is 89.9 cm³/mol. The Bertz CT molecular complexity index is 895. The third-order valence-corrected chi connectivity index (χ3v) is 3.49. The van der Waals surface area contributed by atoms with Crippen molar-refractivity contribution in [3.8, 4) is 5.82 Å². The van der Waals surface area contributed by atoms with Gasteiger partial charge in [0.1, 0.15) is 5.82 Å². The number of hydrogen-bond acceptors (Lipinski definition) is 5. The average molecular weight is 354 g/mol. The maximum absolute atomic E-state index is 13.5. The quantitative estimate of drug-likeness (QED) is 0.683. The molecule has 1 N–H and O–H groups in total. The second-order valence-electron chi connectivity index (χ2n) is 5.30. The normalized spacial score (nSPS) is 10.3. The zero-order valence-corrected chi connectivity index (χ0v) is 13.6. The van der Waals surface area contributed by atoms with Gasteiger partial charge in [0.25, 0.3) is 5.91 Å². The molecule has 2 aromatic heterocycles. The van der Waals surface area contributed by atoms with Crippen LogP contribution >= 0.6 is 0 Å². The molecule has 0 aliphatic heterocycles. The Morgan fingerprint density at radius 1 is 1.15 bits per heavy atom. The Morgan fingerprint density at radius 2 is 2.00 bits per heavy atom. The summed E-state index contributed by atoms with van der Waals surface area (Å²) in [4.78, 5) is 27.8. The van der Waals surface area contributed by atoms with Crippen LogP contribution in [0, 0.1) is 5.82 Å². The van der Waals surface area contributed by atoms with Crippen LogP contribution in [0.4, 0.5) is 4.39 Å². The topological polar surface area (TPSA) is 86.1 Å². The number of hydrogen-bond donors (Lipinski definition) is 1. The van der Waals surface area contributed by atoms with Gasteiger partial charge in [-0.1, -0.05) is 18.2 Å². The molecule has 7 nitrogen and oxygen atoms in total. The van der Waals surface area contributed by atoms with E-state index in [0.717, 1.165) is 0 Å². The van der Waals surface area contributed by atoms with Gasteiger partial charge in [-0.15, -0.1) is 0 Å². The molecule has 0 saturated carbocycles. The molecule has 1 aromatic carbocycles. The maximum atomic E-state index is 13.5. The zero-order chi connectivity index (χ0) is 18.4. The van der Waals surface area contributed by atoms with E-state index in [-0.39, 0.29) is 12.1 Å². The largest absolute Gasteiger partial charge is 0.452 e. The van der Waals surface area contributed by atoms with Gasteiger partial charge in [-0.05, 0) is 24.3 Å². The fraction of sp³-hybridized carbons (Fsp3) is 0.111. The zero-order valence-electron chi connectivity index (χ0n) is 13.6. The van der Waals surface area contributed by atoms with Crippen LogP contribution in [-0.4, -0.2) is 33.2 Å². The average Bonchev–Trinajstić information content (AvgIpc) is 3.20. The van der Waals surface area contributed by atoms with Crippen molar-refractivity contribution in [1.82, 2.24) is 20.1 Å². The minimum absolute atomic E-state index is 0.0170. The van der Waals surface area contributed by atoms with Crippen molar-refractivity contribution in [2.45, 2.75) is 6.54 Å². The van der Waals surface area contributed by atoms with Crippen molar-refractivity contribution < 1.29 is 18.7 Å². The highest BCUT2D eigenvalue weighted by Gasteiger charge is 2.11. The molecule has 0 aliphatic rings. The van der Waals surface area contributed by atoms with Gasteiger partial charge in [-0.2, -0.15) is 5.10 Å². The fourth-order valence-corrected chi connectivity index (χ4v) is 2.15. The van der Waals surface area contributed by atoms with Crippen LogP contribution in [0.25, 0.3) is 5.82 Å². The number of ether oxygens (including phenoxy) is 1. The molecule has 0 bridgehead atoms. The first-order valence-electron chi connectivity index (χ1n) is 7.77. The number of esters is 1. The second-order valence-corrected chi connectivity index (χ2v) is 5.30. The monoisotopic (exact) mass is 354 g/mol. The fourth-order valence-electron chi connectivity index (χ4n) is 2.15. The van der Waals surface area contributed by atoms with Gasteiger partial charge in [0.15, 0.2) is 12.4 Å². The van der Waals surface area contributed by atoms with E-state index in [9.17, 15) is 14.0 Å². The van der Waals surface area contributed by atoms with Crippen LogP contribution in [0.5, 0.6) is 0 Å². The summed E-state index contributed by atoms with van der Waals surface area (Å²) in [7, 11) is 0. The van der Waals surface area contributed by atoms with Gasteiger partial charge in [-0.3, -0.25) is 4.79 Å². The molecule has 0 spiro atoms. The molecular weight excluding hydrogens is 339 g/mol. The predicted octanol–water partition coefficient (Wildman–Crippen LogP) is 1.88. The van der Waals surface area contributed by atoms with Crippen molar-refractivity contribution in [3.05, 3.63) is 78.0 Å². The highest BCUT2D eigenvalue weighted by molar-refractivity contribution is 5.91. The molecule has 132 valence electrons. The van der Waals surface area contributed by atoms with Crippen LogP contribution in [0.2, 0.25) is 0 Å². The lowest BCUT2D eigenvalue weighted by molar-refractivity contribution is -0.124. The first kappa shape index (κ1) is 17.3. The highest BCUT2D eigenvalue weighted by Crippen LogP contribution is 2.07. The smallest absolute Gasteiger partial charge is 0.340 e. The minimum atomic E-state index is -0.675. The third kappa shape index (κ3) is 4.29. The highest BCUT2D eigenvalue weighted by atomic mass is 19.1. The Hall–Kier alpha value is -3.55. The van der Waals surface area contributed by atoms with Gasteiger partial charge < -0.3 is 10.1 Å². The molecule has 0 radical (unpaired) electrons. The summed E-state index contributed by atoms with van der Waals surface area (Å²) < 4.78 is 19.9. The van der Waals surface area contributed by atoms with Crippen molar-refractivity contribution >= 4 is 11.9 Å². The molecule has 1 amide bonds. The Labute approximate surface area is 148 Å². The van der Waals surface area contributed by atoms with Crippen molar-refractivity contribution in [2.75, 3.05) is 6.61 Å². The number of nitrogens with one attached hydrogen (secondary N) is 1. The molecule has 3 aromatic rings. The number of carbonyl (C=O) groups excluding carboxylic acids is 2. The van der Waals surface area contributed by atoms with E-state index in [1.165, 1.54) is 18.3 Å². The molecule has 0 unspecified atom stereocenters. The Balaban J connectivity index is 1.49. The van der Waals surface area contributed by atoms with Crippen LogP contribution in [-0.2, 0) is 16.1 Å². The SMILES string of the molecule is O=C(COC(=O)c1ccc(-n2cccn2)nc1)NCc1ccccc1F. The number of amides is 1. The summed E-state index contributed by atoms with van der Waals surface area (Å²) in [5, 5.41) is 6.52. The molecular formula is C18H15FN4O3. The lowest BCUT2D eigenvalue weighted by atomic mass is 10.2. The number of nitrogens with zero attached hydrogens (tertiary/aromatic N) is 3. The number of halogens is 1. The third-order valence-electron chi connectivity index (χ3n) is 3.49. The maximum Gasteiger partial charge on any atom is 0.340 e. The van der Waals surface area contributed by atoms with Crippen LogP contribution in [0.1, 0.15) is 15.9 Å². The number of pyridine rings is 1. The minimum Gasteiger partial charge on any atom is -0.452 e. The van der Waals surface area contributed by atoms with Gasteiger partial charge >= 0.3 is 5.97 Å².